The molecule has 0 aliphatic rings. The normalized spacial score (nSPS) is 11.6. The Balaban J connectivity index is 2.21. The summed E-state index contributed by atoms with van der Waals surface area (Å²) in [5, 5.41) is 13.9. The highest BCUT2D eigenvalue weighted by Gasteiger charge is 2.17. The topological polar surface area (TPSA) is 86.6 Å². The van der Waals surface area contributed by atoms with Gasteiger partial charge in [-0.2, -0.15) is 8.42 Å². The van der Waals surface area contributed by atoms with Crippen molar-refractivity contribution in [2.75, 3.05) is 5.32 Å². The first-order chi connectivity index (χ1) is 10.9. The fourth-order valence-corrected chi connectivity index (χ4v) is 3.17. The molecule has 0 atom stereocenters. The zero-order valence-electron chi connectivity index (χ0n) is 12.3. The summed E-state index contributed by atoms with van der Waals surface area (Å²) in [6.45, 7) is 1.98. The molecular weight excluding hydrogens is 314 g/mol. The van der Waals surface area contributed by atoms with Crippen molar-refractivity contribution in [3.8, 4) is 5.75 Å². The van der Waals surface area contributed by atoms with Crippen LogP contribution < -0.4 is 5.32 Å². The van der Waals surface area contributed by atoms with Gasteiger partial charge in [0.2, 0.25) is 0 Å². The third-order valence-corrected chi connectivity index (χ3v) is 4.50. The zero-order valence-corrected chi connectivity index (χ0v) is 13.1. The molecule has 0 saturated carbocycles. The van der Waals surface area contributed by atoms with Crippen LogP contribution in [0.15, 0.2) is 59.5 Å². The van der Waals surface area contributed by atoms with Gasteiger partial charge < -0.3 is 10.4 Å². The van der Waals surface area contributed by atoms with Crippen molar-refractivity contribution < 1.29 is 18.1 Å². The van der Waals surface area contributed by atoms with E-state index in [1.807, 2.05) is 31.2 Å². The lowest BCUT2D eigenvalue weighted by atomic mass is 10.1. The van der Waals surface area contributed by atoms with Gasteiger partial charge in [-0.3, -0.25) is 4.55 Å². The van der Waals surface area contributed by atoms with Gasteiger partial charge in [0.25, 0.3) is 10.1 Å². The molecule has 3 aromatic carbocycles. The van der Waals surface area contributed by atoms with Crippen LogP contribution in [-0.2, 0) is 10.1 Å². The van der Waals surface area contributed by atoms with Crippen molar-refractivity contribution in [2.24, 2.45) is 0 Å². The van der Waals surface area contributed by atoms with Crippen molar-refractivity contribution in [3.05, 3.63) is 60.2 Å². The van der Waals surface area contributed by atoms with Crippen LogP contribution in [0, 0.1) is 6.92 Å². The molecule has 0 unspecified atom stereocenters. The minimum atomic E-state index is -4.38. The van der Waals surface area contributed by atoms with Gasteiger partial charge in [0.05, 0.1) is 5.69 Å². The first-order valence-electron chi connectivity index (χ1n) is 6.92. The number of fused-ring (bicyclic) bond motifs is 1. The summed E-state index contributed by atoms with van der Waals surface area (Å²) in [5.74, 6) is -0.0670. The van der Waals surface area contributed by atoms with E-state index in [0.29, 0.717) is 11.1 Å². The van der Waals surface area contributed by atoms with Crippen LogP contribution in [0.1, 0.15) is 5.56 Å². The molecule has 0 radical (unpaired) electrons. The molecule has 0 aliphatic carbocycles. The SMILES string of the molecule is Cc1ccc(Nc2ccc(S(=O)(=O)O)c3cccc(O)c23)cc1. The van der Waals surface area contributed by atoms with E-state index in [2.05, 4.69) is 5.32 Å². The molecule has 6 heteroatoms. The largest absolute Gasteiger partial charge is 0.507 e. The molecule has 0 amide bonds. The number of aromatic hydroxyl groups is 1. The Bertz CT molecular complexity index is 979. The van der Waals surface area contributed by atoms with Gasteiger partial charge in [-0.15, -0.1) is 0 Å². The zero-order chi connectivity index (χ0) is 16.6. The third kappa shape index (κ3) is 2.99. The maximum Gasteiger partial charge on any atom is 0.295 e. The lowest BCUT2D eigenvalue weighted by molar-refractivity contribution is 0.481. The highest BCUT2D eigenvalue weighted by atomic mass is 32.2. The number of hydrogen-bond donors (Lipinski definition) is 3. The van der Waals surface area contributed by atoms with E-state index in [-0.39, 0.29) is 16.0 Å². The lowest BCUT2D eigenvalue weighted by Crippen LogP contribution is -2.01. The summed E-state index contributed by atoms with van der Waals surface area (Å²) >= 11 is 0. The highest BCUT2D eigenvalue weighted by Crippen LogP contribution is 2.36. The van der Waals surface area contributed by atoms with Crippen LogP contribution >= 0.6 is 0 Å². The molecule has 118 valence electrons. The molecule has 0 aliphatic heterocycles. The Morgan fingerprint density at radius 3 is 2.30 bits per heavy atom. The van der Waals surface area contributed by atoms with Gasteiger partial charge in [0.1, 0.15) is 10.6 Å². The van der Waals surface area contributed by atoms with Crippen LogP contribution in [0.25, 0.3) is 10.8 Å². The molecule has 0 bridgehead atoms. The molecule has 0 aromatic heterocycles. The molecule has 0 heterocycles. The van der Waals surface area contributed by atoms with Gasteiger partial charge in [-0.05, 0) is 37.3 Å². The predicted molar refractivity (Wildman–Crippen MR) is 89.9 cm³/mol. The summed E-state index contributed by atoms with van der Waals surface area (Å²) in [6, 6.07) is 15.0. The van der Waals surface area contributed by atoms with E-state index in [9.17, 15) is 18.1 Å². The second-order valence-electron chi connectivity index (χ2n) is 5.28. The van der Waals surface area contributed by atoms with E-state index in [1.54, 1.807) is 6.07 Å². The van der Waals surface area contributed by atoms with Crippen molar-refractivity contribution in [3.63, 3.8) is 0 Å². The standard InChI is InChI=1S/C17H15NO4S/c1-11-5-7-12(8-6-11)18-14-9-10-16(23(20,21)22)13-3-2-4-15(19)17(13)14/h2-10,18-19H,1H3,(H,20,21,22). The number of benzene rings is 3. The molecular formula is C17H15NO4S. The number of phenols is 1. The monoisotopic (exact) mass is 329 g/mol. The van der Waals surface area contributed by atoms with Crippen LogP contribution in [0.2, 0.25) is 0 Å². The van der Waals surface area contributed by atoms with Crippen molar-refractivity contribution in [1.82, 2.24) is 0 Å². The Morgan fingerprint density at radius 1 is 0.957 bits per heavy atom. The Labute approximate surface area is 134 Å². The van der Waals surface area contributed by atoms with Crippen LogP contribution in [0.3, 0.4) is 0 Å². The first-order valence-corrected chi connectivity index (χ1v) is 8.36. The van der Waals surface area contributed by atoms with Gasteiger partial charge in [0.15, 0.2) is 0 Å². The second-order valence-corrected chi connectivity index (χ2v) is 6.67. The number of phenolic OH excluding ortho intramolecular Hbond substituents is 1. The number of rotatable bonds is 3. The minimum Gasteiger partial charge on any atom is -0.507 e. The summed E-state index contributed by atoms with van der Waals surface area (Å²) in [4.78, 5) is -0.238. The van der Waals surface area contributed by atoms with E-state index in [1.165, 1.54) is 24.3 Å². The molecule has 0 fully saturated rings. The molecule has 0 saturated heterocycles. The van der Waals surface area contributed by atoms with Gasteiger partial charge in [-0.25, -0.2) is 0 Å². The van der Waals surface area contributed by atoms with E-state index >= 15 is 0 Å². The Morgan fingerprint density at radius 2 is 1.65 bits per heavy atom. The summed E-state index contributed by atoms with van der Waals surface area (Å²) in [7, 11) is -4.38. The molecule has 23 heavy (non-hydrogen) atoms. The van der Waals surface area contributed by atoms with Crippen LogP contribution in [-0.4, -0.2) is 18.1 Å². The molecule has 5 nitrogen and oxygen atoms in total. The van der Waals surface area contributed by atoms with E-state index in [0.717, 1.165) is 11.3 Å². The third-order valence-electron chi connectivity index (χ3n) is 3.59. The Hall–Kier alpha value is -2.57. The molecule has 3 aromatic rings. The highest BCUT2D eigenvalue weighted by molar-refractivity contribution is 7.86. The quantitative estimate of drug-likeness (QED) is 0.636. The first kappa shape index (κ1) is 15.3. The number of anilines is 2. The Kier molecular flexibility index (Phi) is 3.71. The van der Waals surface area contributed by atoms with Gasteiger partial charge >= 0.3 is 0 Å². The van der Waals surface area contributed by atoms with Gasteiger partial charge in [0, 0.05) is 16.5 Å². The number of nitrogens with one attached hydrogen (secondary N) is 1. The number of hydrogen-bond acceptors (Lipinski definition) is 4. The van der Waals surface area contributed by atoms with Crippen LogP contribution in [0.5, 0.6) is 5.75 Å². The lowest BCUT2D eigenvalue weighted by Gasteiger charge is -2.13. The van der Waals surface area contributed by atoms with Gasteiger partial charge in [-0.1, -0.05) is 29.8 Å². The predicted octanol–water partition coefficient (Wildman–Crippen LogP) is 3.84. The minimum absolute atomic E-state index is 0.0670. The van der Waals surface area contributed by atoms with Crippen molar-refractivity contribution >= 4 is 32.3 Å². The average Bonchev–Trinajstić information content (AvgIpc) is 2.48. The summed E-state index contributed by atoms with van der Waals surface area (Å²) in [6.07, 6.45) is 0. The molecule has 3 N–H and O–H groups in total. The maximum absolute atomic E-state index is 11.5. The van der Waals surface area contributed by atoms with E-state index in [4.69, 9.17) is 0 Å². The maximum atomic E-state index is 11.5. The fourth-order valence-electron chi connectivity index (χ4n) is 2.48. The van der Waals surface area contributed by atoms with Crippen molar-refractivity contribution in [2.45, 2.75) is 11.8 Å². The van der Waals surface area contributed by atoms with E-state index < -0.39 is 10.1 Å². The molecule has 3 rings (SSSR count). The van der Waals surface area contributed by atoms with Crippen molar-refractivity contribution in [1.29, 1.82) is 0 Å². The summed E-state index contributed by atoms with van der Waals surface area (Å²) in [5.41, 5.74) is 2.47. The summed E-state index contributed by atoms with van der Waals surface area (Å²) < 4.78 is 32.4. The average molecular weight is 329 g/mol. The van der Waals surface area contributed by atoms with Crippen LogP contribution in [0.4, 0.5) is 11.4 Å². The number of aryl methyl sites for hydroxylation is 1. The molecule has 0 spiro atoms. The fraction of sp³-hybridized carbons (Fsp3) is 0.0588. The second kappa shape index (κ2) is 5.57. The smallest absolute Gasteiger partial charge is 0.295 e.